The summed E-state index contributed by atoms with van der Waals surface area (Å²) in [5.74, 6) is 1.17. The fraction of sp³-hybridized carbons (Fsp3) is 0.520. The van der Waals surface area contributed by atoms with Crippen molar-refractivity contribution in [3.8, 4) is 0 Å². The van der Waals surface area contributed by atoms with E-state index in [0.29, 0.717) is 28.5 Å². The Hall–Kier alpha value is -2.54. The van der Waals surface area contributed by atoms with Gasteiger partial charge in [-0.25, -0.2) is 0 Å². The lowest BCUT2D eigenvalue weighted by atomic mass is 9.70. The summed E-state index contributed by atoms with van der Waals surface area (Å²) < 4.78 is 6.31. The maximum absolute atomic E-state index is 13.8. The van der Waals surface area contributed by atoms with E-state index >= 15 is 0 Å². The molecule has 0 radical (unpaired) electrons. The summed E-state index contributed by atoms with van der Waals surface area (Å²) in [5.41, 5.74) is 1.38. The van der Waals surface area contributed by atoms with Crippen molar-refractivity contribution in [2.75, 3.05) is 4.90 Å². The predicted octanol–water partition coefficient (Wildman–Crippen LogP) is 4.73. The quantitative estimate of drug-likeness (QED) is 0.672. The molecule has 0 bridgehead atoms. The molecule has 3 aliphatic rings. The zero-order valence-corrected chi connectivity index (χ0v) is 19.8. The Morgan fingerprint density at radius 1 is 1.09 bits per heavy atom. The third-order valence-electron chi connectivity index (χ3n) is 7.07. The van der Waals surface area contributed by atoms with Crippen molar-refractivity contribution in [2.45, 2.75) is 59.1 Å². The first-order valence-corrected chi connectivity index (χ1v) is 12.3. The number of carbonyl (C=O) groups is 2. The molecule has 5 atom stereocenters. The Labute approximate surface area is 192 Å². The highest BCUT2D eigenvalue weighted by Gasteiger charge is 2.54. The van der Waals surface area contributed by atoms with Crippen molar-refractivity contribution in [3.05, 3.63) is 52.2 Å². The lowest BCUT2D eigenvalue weighted by Gasteiger charge is -2.40. The molecule has 168 valence electrons. The number of Topliss-reactive ketones (excluding diaryl/α,β-unsaturated/α-hetero) is 1. The van der Waals surface area contributed by atoms with Gasteiger partial charge in [0.05, 0.1) is 17.5 Å². The Kier molecular flexibility index (Phi) is 5.40. The van der Waals surface area contributed by atoms with Crippen molar-refractivity contribution < 1.29 is 14.3 Å². The van der Waals surface area contributed by atoms with Gasteiger partial charge in [-0.1, -0.05) is 69.4 Å². The number of amides is 1. The van der Waals surface area contributed by atoms with Gasteiger partial charge < -0.3 is 4.74 Å². The Morgan fingerprint density at radius 2 is 1.81 bits per heavy atom. The second-order valence-corrected chi connectivity index (χ2v) is 10.9. The number of ketones is 1. The van der Waals surface area contributed by atoms with Gasteiger partial charge in [0, 0.05) is 6.42 Å². The zero-order chi connectivity index (χ0) is 22.6. The molecule has 1 amide bonds. The van der Waals surface area contributed by atoms with Crippen LogP contribution < -0.4 is 4.90 Å². The van der Waals surface area contributed by atoms with Crippen LogP contribution in [0, 0.1) is 23.7 Å². The first kappa shape index (κ1) is 21.3. The smallest absolute Gasteiger partial charge is 0.296 e. The highest BCUT2D eigenvalue weighted by molar-refractivity contribution is 7.15. The highest BCUT2D eigenvalue weighted by atomic mass is 32.1. The lowest BCUT2D eigenvalue weighted by Crippen LogP contribution is -2.43. The van der Waals surface area contributed by atoms with Gasteiger partial charge in [-0.3, -0.25) is 14.5 Å². The number of fused-ring (bicyclic) bond motifs is 1. The molecule has 6 nitrogen and oxygen atoms in total. The third-order valence-corrected chi connectivity index (χ3v) is 8.02. The molecule has 5 unspecified atom stereocenters. The molecule has 3 heterocycles. The van der Waals surface area contributed by atoms with Crippen molar-refractivity contribution in [1.29, 1.82) is 0 Å². The summed E-state index contributed by atoms with van der Waals surface area (Å²) >= 11 is 1.42. The minimum Gasteiger partial charge on any atom is -0.483 e. The molecule has 2 aromatic rings. The Balaban J connectivity index is 1.58. The van der Waals surface area contributed by atoms with E-state index < -0.39 is 6.04 Å². The van der Waals surface area contributed by atoms with Gasteiger partial charge in [-0.05, 0) is 36.2 Å². The van der Waals surface area contributed by atoms with Crippen molar-refractivity contribution in [3.63, 3.8) is 0 Å². The van der Waals surface area contributed by atoms with E-state index in [1.807, 2.05) is 30.3 Å². The number of benzene rings is 1. The first-order valence-electron chi connectivity index (χ1n) is 11.5. The number of hydrogen-bond donors (Lipinski definition) is 0. The van der Waals surface area contributed by atoms with Gasteiger partial charge in [0.15, 0.2) is 11.5 Å². The van der Waals surface area contributed by atoms with E-state index in [4.69, 9.17) is 4.74 Å². The first-order chi connectivity index (χ1) is 15.3. The predicted molar refractivity (Wildman–Crippen MR) is 123 cm³/mol. The van der Waals surface area contributed by atoms with E-state index in [2.05, 4.69) is 37.9 Å². The van der Waals surface area contributed by atoms with E-state index in [0.717, 1.165) is 29.8 Å². The SMILES string of the molecule is CC(C)Cc1nnc(N2C(=O)C3=C(C(=O)C4CC(C)C(C)CC4O3)C2c2ccccc2)s1. The average Bonchev–Trinajstić information content (AvgIpc) is 3.32. The Bertz CT molecular complexity index is 1080. The van der Waals surface area contributed by atoms with Crippen LogP contribution in [0.1, 0.15) is 57.1 Å². The van der Waals surface area contributed by atoms with Crippen LogP contribution >= 0.6 is 11.3 Å². The van der Waals surface area contributed by atoms with E-state index in [1.54, 1.807) is 4.90 Å². The van der Waals surface area contributed by atoms with Crippen LogP contribution in [-0.2, 0) is 20.7 Å². The van der Waals surface area contributed by atoms with E-state index in [-0.39, 0.29) is 29.5 Å². The molecule has 1 aromatic heterocycles. The number of anilines is 1. The number of hydrogen-bond acceptors (Lipinski definition) is 6. The minimum absolute atomic E-state index is 0.0617. The molecule has 0 N–H and O–H groups in total. The zero-order valence-electron chi connectivity index (χ0n) is 18.9. The molecular formula is C25H29N3O3S. The van der Waals surface area contributed by atoms with Gasteiger partial charge in [0.1, 0.15) is 11.1 Å². The summed E-state index contributed by atoms with van der Waals surface area (Å²) in [7, 11) is 0. The van der Waals surface area contributed by atoms with E-state index in [9.17, 15) is 9.59 Å². The fourth-order valence-electron chi connectivity index (χ4n) is 5.18. The molecule has 0 spiro atoms. The number of ether oxygens (including phenoxy) is 1. The Morgan fingerprint density at radius 3 is 2.53 bits per heavy atom. The van der Waals surface area contributed by atoms with Gasteiger partial charge in [-0.2, -0.15) is 0 Å². The molecule has 2 aliphatic heterocycles. The second kappa shape index (κ2) is 8.10. The van der Waals surface area contributed by atoms with Crippen molar-refractivity contribution in [2.24, 2.45) is 23.7 Å². The van der Waals surface area contributed by atoms with Crippen LogP contribution in [0.5, 0.6) is 0 Å². The largest absolute Gasteiger partial charge is 0.483 e. The standard InChI is InChI=1S/C25H29N3O3S/c1-13(2)10-19-26-27-25(32-19)28-21(16-8-6-5-7-9-16)20-22(29)17-11-14(3)15(4)12-18(17)31-23(20)24(28)30/h5-9,13-15,17-18,21H,10-12H2,1-4H3. The third kappa shape index (κ3) is 3.47. The van der Waals surface area contributed by atoms with Crippen molar-refractivity contribution in [1.82, 2.24) is 10.2 Å². The van der Waals surface area contributed by atoms with Crippen molar-refractivity contribution >= 4 is 28.2 Å². The molecule has 32 heavy (non-hydrogen) atoms. The number of rotatable bonds is 4. The number of nitrogens with zero attached hydrogens (tertiary/aromatic N) is 3. The van der Waals surface area contributed by atoms with Crippen LogP contribution in [0.4, 0.5) is 5.13 Å². The molecule has 5 rings (SSSR count). The molecule has 1 aromatic carbocycles. The second-order valence-electron chi connectivity index (χ2n) is 9.86. The molecule has 1 aliphatic carbocycles. The van der Waals surface area contributed by atoms with Crippen LogP contribution in [0.15, 0.2) is 41.7 Å². The fourth-order valence-corrected chi connectivity index (χ4v) is 6.26. The van der Waals surface area contributed by atoms with Crippen LogP contribution in [0.3, 0.4) is 0 Å². The maximum Gasteiger partial charge on any atom is 0.296 e. The van der Waals surface area contributed by atoms with Gasteiger partial charge in [-0.15, -0.1) is 10.2 Å². The monoisotopic (exact) mass is 451 g/mol. The normalized spacial score (nSPS) is 29.9. The number of carbonyl (C=O) groups excluding carboxylic acids is 2. The minimum atomic E-state index is -0.526. The molecule has 1 fully saturated rings. The lowest BCUT2D eigenvalue weighted by molar-refractivity contribution is -0.134. The van der Waals surface area contributed by atoms with Gasteiger partial charge in [0.2, 0.25) is 5.13 Å². The van der Waals surface area contributed by atoms with Gasteiger partial charge >= 0.3 is 0 Å². The van der Waals surface area contributed by atoms with Crippen LogP contribution in [0.25, 0.3) is 0 Å². The summed E-state index contributed by atoms with van der Waals surface area (Å²) in [6.45, 7) is 8.67. The summed E-state index contributed by atoms with van der Waals surface area (Å²) in [6.07, 6.45) is 2.18. The maximum atomic E-state index is 13.8. The molecule has 0 saturated heterocycles. The van der Waals surface area contributed by atoms with Crippen LogP contribution in [-0.4, -0.2) is 28.0 Å². The summed E-state index contributed by atoms with van der Waals surface area (Å²) in [5, 5.41) is 10.1. The molecule has 1 saturated carbocycles. The summed E-state index contributed by atoms with van der Waals surface area (Å²) in [6, 6.07) is 9.20. The highest BCUT2D eigenvalue weighted by Crippen LogP contribution is 2.50. The molecule has 7 heteroatoms. The van der Waals surface area contributed by atoms with Gasteiger partial charge in [0.25, 0.3) is 5.91 Å². The van der Waals surface area contributed by atoms with Crippen LogP contribution in [0.2, 0.25) is 0 Å². The molecular weight excluding hydrogens is 422 g/mol. The topological polar surface area (TPSA) is 72.4 Å². The number of aromatic nitrogens is 2. The van der Waals surface area contributed by atoms with E-state index in [1.165, 1.54) is 11.3 Å². The summed E-state index contributed by atoms with van der Waals surface area (Å²) in [4.78, 5) is 29.1. The average molecular weight is 452 g/mol.